The molecule has 0 radical (unpaired) electrons. The van der Waals surface area contributed by atoms with Crippen LogP contribution in [-0.4, -0.2) is 25.7 Å². The van der Waals surface area contributed by atoms with E-state index in [0.717, 1.165) is 30.1 Å². The highest BCUT2D eigenvalue weighted by atomic mass is 32.2. The molecule has 138 valence electrons. The lowest BCUT2D eigenvalue weighted by Crippen LogP contribution is -2.22. The first kappa shape index (κ1) is 21.2. The van der Waals surface area contributed by atoms with Crippen molar-refractivity contribution in [1.29, 1.82) is 0 Å². The Balaban J connectivity index is 3.08. The van der Waals surface area contributed by atoms with Crippen molar-refractivity contribution in [3.05, 3.63) is 58.1 Å². The minimum absolute atomic E-state index is 0.163. The maximum Gasteiger partial charge on any atom is 0.328 e. The van der Waals surface area contributed by atoms with E-state index in [9.17, 15) is 13.2 Å². The summed E-state index contributed by atoms with van der Waals surface area (Å²) >= 11 is 0. The highest BCUT2D eigenvalue weighted by Crippen LogP contribution is 2.42. The second kappa shape index (κ2) is 8.48. The van der Waals surface area contributed by atoms with Gasteiger partial charge in [-0.15, -0.1) is 0 Å². The lowest BCUT2D eigenvalue weighted by atomic mass is 9.75. The number of carbonyl (C=O) groups is 1. The first-order valence-corrected chi connectivity index (χ1v) is 10.2. The van der Waals surface area contributed by atoms with E-state index in [4.69, 9.17) is 5.11 Å². The number of hydrogen-bond acceptors (Lipinski definition) is 3. The Hall–Kier alpha value is -1.88. The van der Waals surface area contributed by atoms with Crippen LogP contribution >= 0.6 is 0 Å². The van der Waals surface area contributed by atoms with Gasteiger partial charge in [-0.2, -0.15) is 0 Å². The van der Waals surface area contributed by atoms with Gasteiger partial charge in [0.1, 0.15) is 0 Å². The molecule has 4 nitrogen and oxygen atoms in total. The van der Waals surface area contributed by atoms with Crippen LogP contribution in [-0.2, 0) is 14.6 Å². The molecule has 0 saturated carbocycles. The largest absolute Gasteiger partial charge is 0.478 e. The molecule has 0 aliphatic heterocycles. The van der Waals surface area contributed by atoms with Crippen LogP contribution in [0.25, 0.3) is 0 Å². The molecule has 0 saturated heterocycles. The molecule has 0 bridgehead atoms. The molecule has 0 heterocycles. The zero-order chi connectivity index (χ0) is 19.3. The van der Waals surface area contributed by atoms with Crippen molar-refractivity contribution in [2.45, 2.75) is 47.0 Å². The van der Waals surface area contributed by atoms with Gasteiger partial charge < -0.3 is 5.11 Å². The molecule has 25 heavy (non-hydrogen) atoms. The number of sulfone groups is 1. The van der Waals surface area contributed by atoms with E-state index in [-0.39, 0.29) is 5.41 Å². The van der Waals surface area contributed by atoms with Gasteiger partial charge in [-0.05, 0) is 49.7 Å². The van der Waals surface area contributed by atoms with E-state index < -0.39 is 15.8 Å². The van der Waals surface area contributed by atoms with Crippen LogP contribution in [0, 0.1) is 5.41 Å². The van der Waals surface area contributed by atoms with Crippen LogP contribution in [0.4, 0.5) is 0 Å². The van der Waals surface area contributed by atoms with Crippen LogP contribution in [0.1, 0.15) is 47.0 Å². The van der Waals surface area contributed by atoms with Crippen molar-refractivity contribution >= 4 is 15.8 Å². The fraction of sp³-hybridized carbons (Fsp3) is 0.450. The van der Waals surface area contributed by atoms with Crippen molar-refractivity contribution in [1.82, 2.24) is 0 Å². The summed E-state index contributed by atoms with van der Waals surface area (Å²) in [6.07, 6.45) is 14.1. The van der Waals surface area contributed by atoms with Crippen LogP contribution in [0.2, 0.25) is 0 Å². The highest BCUT2D eigenvalue weighted by molar-refractivity contribution is 7.94. The lowest BCUT2D eigenvalue weighted by molar-refractivity contribution is -0.131. The summed E-state index contributed by atoms with van der Waals surface area (Å²) in [4.78, 5) is 11.1. The predicted octanol–water partition coefficient (Wildman–Crippen LogP) is 4.58. The second-order valence-corrected chi connectivity index (χ2v) is 9.21. The van der Waals surface area contributed by atoms with Crippen molar-refractivity contribution in [2.24, 2.45) is 5.41 Å². The van der Waals surface area contributed by atoms with E-state index in [2.05, 4.69) is 13.8 Å². The van der Waals surface area contributed by atoms with Gasteiger partial charge in [0.15, 0.2) is 9.84 Å². The van der Waals surface area contributed by atoms with Crippen molar-refractivity contribution < 1.29 is 18.3 Å². The Morgan fingerprint density at radius 2 is 1.80 bits per heavy atom. The van der Waals surface area contributed by atoms with Crippen molar-refractivity contribution in [3.63, 3.8) is 0 Å². The summed E-state index contributed by atoms with van der Waals surface area (Å²) in [6, 6.07) is 0. The van der Waals surface area contributed by atoms with E-state index >= 15 is 0 Å². The van der Waals surface area contributed by atoms with E-state index in [0.29, 0.717) is 16.9 Å². The lowest BCUT2D eigenvalue weighted by Gasteiger charge is -2.33. The highest BCUT2D eigenvalue weighted by Gasteiger charge is 2.31. The number of hydrogen-bond donors (Lipinski definition) is 1. The SMILES string of the molecule is CC(/C=C/C1=C(S(C)(=O)=O)CCCC1(C)C)=C\C=C\C(C)=C\C(=O)O. The average molecular weight is 365 g/mol. The van der Waals surface area contributed by atoms with Crippen molar-refractivity contribution in [3.8, 4) is 0 Å². The molecule has 0 amide bonds. The Kier molecular flexibility index (Phi) is 7.17. The molecule has 0 aromatic heterocycles. The summed E-state index contributed by atoms with van der Waals surface area (Å²) in [6.45, 7) is 7.80. The number of allylic oxidation sites excluding steroid dienone is 9. The summed E-state index contributed by atoms with van der Waals surface area (Å²) in [5.74, 6) is -0.970. The van der Waals surface area contributed by atoms with Crippen LogP contribution in [0.5, 0.6) is 0 Å². The summed E-state index contributed by atoms with van der Waals surface area (Å²) in [7, 11) is -3.20. The molecule has 1 rings (SSSR count). The van der Waals surface area contributed by atoms with Gasteiger partial charge in [0.2, 0.25) is 0 Å². The number of carboxylic acid groups (broad SMARTS) is 1. The quantitative estimate of drug-likeness (QED) is 0.553. The maximum atomic E-state index is 12.1. The Morgan fingerprint density at radius 3 is 2.36 bits per heavy atom. The minimum Gasteiger partial charge on any atom is -0.478 e. The molecule has 0 aromatic rings. The standard InChI is InChI=1S/C20H28O4S/c1-15(8-6-9-16(2)14-19(21)22)11-12-17-18(25(5,23)24)10-7-13-20(17,3)4/h6,8-9,11-12,14H,7,10,13H2,1-5H3,(H,21,22)/b9-6+,12-11+,15-8+,16-14+. The third-order valence-electron chi connectivity index (χ3n) is 4.27. The Labute approximate surface area is 151 Å². The van der Waals surface area contributed by atoms with Gasteiger partial charge in [0, 0.05) is 17.2 Å². The fourth-order valence-corrected chi connectivity index (χ4v) is 4.17. The minimum atomic E-state index is -3.20. The molecule has 0 atom stereocenters. The molecule has 5 heteroatoms. The van der Waals surface area contributed by atoms with Crippen LogP contribution in [0.15, 0.2) is 58.1 Å². The monoisotopic (exact) mass is 364 g/mol. The summed E-state index contributed by atoms with van der Waals surface area (Å²) in [5, 5.41) is 8.67. The predicted molar refractivity (Wildman–Crippen MR) is 103 cm³/mol. The Bertz CT molecular complexity index is 773. The third-order valence-corrected chi connectivity index (χ3v) is 5.58. The molecule has 1 aliphatic carbocycles. The topological polar surface area (TPSA) is 71.4 Å². The maximum absolute atomic E-state index is 12.1. The first-order valence-electron chi connectivity index (χ1n) is 8.31. The first-order chi connectivity index (χ1) is 11.4. The Morgan fingerprint density at radius 1 is 1.16 bits per heavy atom. The van der Waals surface area contributed by atoms with E-state index in [1.165, 1.54) is 6.26 Å². The molecule has 1 aliphatic rings. The van der Waals surface area contributed by atoms with E-state index in [1.807, 2.05) is 25.2 Å². The van der Waals surface area contributed by atoms with Gasteiger partial charge in [-0.3, -0.25) is 0 Å². The summed E-state index contributed by atoms with van der Waals surface area (Å²) in [5.41, 5.74) is 2.33. The van der Waals surface area contributed by atoms with Crippen LogP contribution in [0.3, 0.4) is 0 Å². The normalized spacial score (nSPS) is 19.9. The smallest absolute Gasteiger partial charge is 0.328 e. The second-order valence-electron chi connectivity index (χ2n) is 7.18. The zero-order valence-electron chi connectivity index (χ0n) is 15.7. The molecule has 0 fully saturated rings. The molecular formula is C20H28O4S. The molecular weight excluding hydrogens is 336 g/mol. The number of rotatable bonds is 6. The molecule has 0 unspecified atom stereocenters. The van der Waals surface area contributed by atoms with E-state index in [1.54, 1.807) is 19.1 Å². The number of carboxylic acids is 1. The molecule has 0 spiro atoms. The van der Waals surface area contributed by atoms with Crippen LogP contribution < -0.4 is 0 Å². The zero-order valence-corrected chi connectivity index (χ0v) is 16.5. The van der Waals surface area contributed by atoms with Gasteiger partial charge in [0.25, 0.3) is 0 Å². The number of aliphatic carboxylic acids is 1. The third kappa shape index (κ3) is 6.86. The van der Waals surface area contributed by atoms with Gasteiger partial charge >= 0.3 is 5.97 Å². The average Bonchev–Trinajstić information content (AvgIpc) is 2.43. The van der Waals surface area contributed by atoms with Gasteiger partial charge in [-0.25, -0.2) is 13.2 Å². The van der Waals surface area contributed by atoms with Crippen molar-refractivity contribution in [2.75, 3.05) is 6.26 Å². The molecule has 1 N–H and O–H groups in total. The summed E-state index contributed by atoms with van der Waals surface area (Å²) < 4.78 is 24.2. The van der Waals surface area contributed by atoms with Gasteiger partial charge in [-0.1, -0.05) is 49.8 Å². The molecule has 0 aromatic carbocycles. The van der Waals surface area contributed by atoms with Gasteiger partial charge in [0.05, 0.1) is 0 Å². The fourth-order valence-electron chi connectivity index (χ4n) is 2.91.